The maximum absolute atomic E-state index is 2.62. The maximum atomic E-state index is 2.62. The molecule has 0 aliphatic heterocycles. The summed E-state index contributed by atoms with van der Waals surface area (Å²) in [7, 11) is 2.20. The van der Waals surface area contributed by atoms with Gasteiger partial charge < -0.3 is 0 Å². The van der Waals surface area contributed by atoms with Crippen LogP contribution in [-0.2, 0) is 17.9 Å². The predicted molar refractivity (Wildman–Crippen MR) is 153 cm³/mol. The van der Waals surface area contributed by atoms with E-state index >= 15 is 0 Å². The van der Waals surface area contributed by atoms with Crippen LogP contribution < -0.4 is 4.57 Å². The Morgan fingerprint density at radius 1 is 0.568 bits per heavy atom. The fraction of sp³-hybridized carbons (Fsp3) is 0.361. The average Bonchev–Trinajstić information content (AvgIpc) is 3.61. The van der Waals surface area contributed by atoms with Crippen molar-refractivity contribution in [3.05, 3.63) is 112 Å². The monoisotopic (exact) mass is 484 g/mol. The molecule has 4 aromatic rings. The third-order valence-electron chi connectivity index (χ3n) is 10.1. The van der Waals surface area contributed by atoms with Crippen molar-refractivity contribution >= 4 is 0 Å². The van der Waals surface area contributed by atoms with Gasteiger partial charge in [0, 0.05) is 28.0 Å². The molecule has 0 unspecified atom stereocenters. The minimum Gasteiger partial charge on any atom is -0.200 e. The van der Waals surface area contributed by atoms with Gasteiger partial charge in [0.2, 0.25) is 5.69 Å². The Morgan fingerprint density at radius 3 is 1.78 bits per heavy atom. The second kappa shape index (κ2) is 8.42. The third kappa shape index (κ3) is 3.26. The normalized spacial score (nSPS) is 18.8. The highest BCUT2D eigenvalue weighted by atomic mass is 14.9. The predicted octanol–water partition coefficient (Wildman–Crippen LogP) is 8.50. The van der Waals surface area contributed by atoms with E-state index in [1.807, 2.05) is 0 Å². The van der Waals surface area contributed by atoms with Gasteiger partial charge in [0.15, 0.2) is 6.20 Å². The molecule has 3 aromatic carbocycles. The van der Waals surface area contributed by atoms with Crippen LogP contribution in [0.15, 0.2) is 79.0 Å². The van der Waals surface area contributed by atoms with Gasteiger partial charge in [0.05, 0.1) is 0 Å². The van der Waals surface area contributed by atoms with Crippen LogP contribution in [-0.4, -0.2) is 0 Å². The molecular formula is C36H38N+. The van der Waals surface area contributed by atoms with Crippen molar-refractivity contribution in [2.24, 2.45) is 7.05 Å². The zero-order valence-electron chi connectivity index (χ0n) is 22.6. The standard InChI is InChI=1S/C36H38N/c1-25-12-4-5-13-28(25)34-22-26(2)29(24-37(34)3)27-16-17-32-33(23-27)36(20-10-11-21-36)31-15-7-6-14-30(31)35(32)18-8-9-19-35/h4-7,12-17,22-24H,8-11,18-21H2,1-3H3/q+1. The van der Waals surface area contributed by atoms with Crippen molar-refractivity contribution < 1.29 is 4.57 Å². The molecule has 0 saturated heterocycles. The van der Waals surface area contributed by atoms with Crippen molar-refractivity contribution in [3.63, 3.8) is 0 Å². The quantitative estimate of drug-likeness (QED) is 0.251. The summed E-state index contributed by atoms with van der Waals surface area (Å²) in [6.07, 6.45) is 12.9. The summed E-state index contributed by atoms with van der Waals surface area (Å²) in [4.78, 5) is 0. The number of nitrogens with zero attached hydrogens (tertiary/aromatic N) is 1. The highest BCUT2D eigenvalue weighted by molar-refractivity contribution is 5.73. The van der Waals surface area contributed by atoms with E-state index in [2.05, 4.69) is 104 Å². The van der Waals surface area contributed by atoms with Gasteiger partial charge in [-0.25, -0.2) is 4.57 Å². The van der Waals surface area contributed by atoms with E-state index in [1.54, 1.807) is 22.3 Å². The van der Waals surface area contributed by atoms with Gasteiger partial charge in [-0.2, -0.15) is 0 Å². The van der Waals surface area contributed by atoms with Gasteiger partial charge in [-0.1, -0.05) is 80.3 Å². The Labute approximate surface area is 222 Å². The van der Waals surface area contributed by atoms with Gasteiger partial charge in [-0.15, -0.1) is 0 Å². The second-order valence-electron chi connectivity index (χ2n) is 12.1. The molecule has 3 aliphatic rings. The summed E-state index contributed by atoms with van der Waals surface area (Å²) >= 11 is 0. The number of rotatable bonds is 2. The Kier molecular flexibility index (Phi) is 5.22. The van der Waals surface area contributed by atoms with Gasteiger partial charge in [-0.05, 0) is 90.6 Å². The summed E-state index contributed by atoms with van der Waals surface area (Å²) in [5.74, 6) is 0. The number of benzene rings is 3. The lowest BCUT2D eigenvalue weighted by Crippen LogP contribution is -2.40. The fourth-order valence-electron chi connectivity index (χ4n) is 8.35. The number of fused-ring (bicyclic) bond motifs is 6. The largest absolute Gasteiger partial charge is 0.212 e. The molecule has 2 saturated carbocycles. The average molecular weight is 485 g/mol. The minimum atomic E-state index is 0.187. The molecule has 2 fully saturated rings. The fourth-order valence-corrected chi connectivity index (χ4v) is 8.35. The molecule has 7 rings (SSSR count). The highest BCUT2D eigenvalue weighted by Crippen LogP contribution is 2.61. The number of aromatic nitrogens is 1. The van der Waals surface area contributed by atoms with Crippen molar-refractivity contribution in [3.8, 4) is 22.4 Å². The van der Waals surface area contributed by atoms with Crippen LogP contribution in [0.3, 0.4) is 0 Å². The summed E-state index contributed by atoms with van der Waals surface area (Å²) in [5, 5.41) is 0. The zero-order chi connectivity index (χ0) is 25.2. The molecule has 2 spiro atoms. The zero-order valence-corrected chi connectivity index (χ0v) is 22.6. The van der Waals surface area contributed by atoms with Gasteiger partial charge in [0.1, 0.15) is 7.05 Å². The van der Waals surface area contributed by atoms with Gasteiger partial charge in [0.25, 0.3) is 0 Å². The molecule has 37 heavy (non-hydrogen) atoms. The van der Waals surface area contributed by atoms with Crippen molar-refractivity contribution in [1.29, 1.82) is 0 Å². The molecule has 1 aromatic heterocycles. The minimum absolute atomic E-state index is 0.187. The first-order valence-corrected chi connectivity index (χ1v) is 14.4. The number of hydrogen-bond acceptors (Lipinski definition) is 0. The lowest BCUT2D eigenvalue weighted by Gasteiger charge is -2.47. The van der Waals surface area contributed by atoms with Crippen LogP contribution in [0.1, 0.15) is 84.7 Å². The van der Waals surface area contributed by atoms with E-state index < -0.39 is 0 Å². The van der Waals surface area contributed by atoms with E-state index in [9.17, 15) is 0 Å². The first-order chi connectivity index (χ1) is 18.0. The maximum Gasteiger partial charge on any atom is 0.212 e. The number of pyridine rings is 1. The topological polar surface area (TPSA) is 3.88 Å². The lowest BCUT2D eigenvalue weighted by atomic mass is 9.56. The molecule has 1 heteroatoms. The van der Waals surface area contributed by atoms with Crippen LogP contribution >= 0.6 is 0 Å². The molecular weight excluding hydrogens is 446 g/mol. The van der Waals surface area contributed by atoms with Gasteiger partial charge >= 0.3 is 0 Å². The molecule has 0 bridgehead atoms. The number of aryl methyl sites for hydroxylation is 3. The summed E-state index contributed by atoms with van der Waals surface area (Å²) in [5.41, 5.74) is 15.0. The third-order valence-corrected chi connectivity index (χ3v) is 10.1. The summed E-state index contributed by atoms with van der Waals surface area (Å²) in [6, 6.07) is 28.3. The van der Waals surface area contributed by atoms with E-state index in [0.717, 1.165) is 0 Å². The van der Waals surface area contributed by atoms with Crippen LogP contribution in [0, 0.1) is 13.8 Å². The SMILES string of the molecule is Cc1cc(-c2ccccc2C)[n+](C)cc1-c1ccc2c(c1)C1(CCCC1)c1ccccc1C21CCCC1. The van der Waals surface area contributed by atoms with E-state index in [-0.39, 0.29) is 10.8 Å². The van der Waals surface area contributed by atoms with E-state index in [4.69, 9.17) is 0 Å². The van der Waals surface area contributed by atoms with Crippen LogP contribution in [0.5, 0.6) is 0 Å². The Balaban J connectivity index is 1.42. The van der Waals surface area contributed by atoms with Crippen LogP contribution in [0.4, 0.5) is 0 Å². The first kappa shape index (κ1) is 23.0. The van der Waals surface area contributed by atoms with Gasteiger partial charge in [-0.3, -0.25) is 0 Å². The summed E-state index contributed by atoms with van der Waals surface area (Å²) in [6.45, 7) is 4.50. The van der Waals surface area contributed by atoms with Crippen molar-refractivity contribution in [1.82, 2.24) is 0 Å². The lowest BCUT2D eigenvalue weighted by molar-refractivity contribution is -0.660. The number of hydrogen-bond donors (Lipinski definition) is 0. The van der Waals surface area contributed by atoms with Crippen LogP contribution in [0.2, 0.25) is 0 Å². The molecule has 0 amide bonds. The molecule has 0 N–H and O–H groups in total. The van der Waals surface area contributed by atoms with E-state index in [0.29, 0.717) is 0 Å². The van der Waals surface area contributed by atoms with E-state index in [1.165, 1.54) is 84.9 Å². The Hall–Kier alpha value is -3.19. The highest BCUT2D eigenvalue weighted by Gasteiger charge is 2.52. The summed E-state index contributed by atoms with van der Waals surface area (Å²) < 4.78 is 2.32. The van der Waals surface area contributed by atoms with Crippen LogP contribution in [0.25, 0.3) is 22.4 Å². The Morgan fingerprint density at radius 2 is 1.14 bits per heavy atom. The van der Waals surface area contributed by atoms with Crippen molar-refractivity contribution in [2.45, 2.75) is 76.0 Å². The second-order valence-corrected chi connectivity index (χ2v) is 12.1. The molecule has 0 atom stereocenters. The molecule has 1 nitrogen and oxygen atoms in total. The molecule has 3 aliphatic carbocycles. The molecule has 0 radical (unpaired) electrons. The first-order valence-electron chi connectivity index (χ1n) is 14.4. The Bertz CT molecular complexity index is 1510. The molecule has 186 valence electrons. The van der Waals surface area contributed by atoms with Crippen molar-refractivity contribution in [2.75, 3.05) is 0 Å². The smallest absolute Gasteiger partial charge is 0.200 e. The molecule has 1 heterocycles.